The molecule has 136 valence electrons. The van der Waals surface area contributed by atoms with Gasteiger partial charge in [-0.15, -0.1) is 0 Å². The van der Waals surface area contributed by atoms with Crippen LogP contribution in [0.4, 0.5) is 15.8 Å². The minimum atomic E-state index is -0.422. The van der Waals surface area contributed by atoms with E-state index in [9.17, 15) is 14.0 Å². The summed E-state index contributed by atoms with van der Waals surface area (Å²) in [5, 5.41) is 5.48. The minimum Gasteiger partial charge on any atom is -0.489 e. The average Bonchev–Trinajstić information content (AvgIpc) is 3.37. The van der Waals surface area contributed by atoms with E-state index in [1.807, 2.05) is 26.0 Å². The van der Waals surface area contributed by atoms with Crippen molar-refractivity contribution in [3.63, 3.8) is 0 Å². The molecule has 6 heteroatoms. The summed E-state index contributed by atoms with van der Waals surface area (Å²) in [6, 6.07) is 12.9. The lowest BCUT2D eigenvalue weighted by Gasteiger charge is -2.14. The lowest BCUT2D eigenvalue weighted by molar-refractivity contribution is -0.122. The highest BCUT2D eigenvalue weighted by Gasteiger charge is 2.48. The van der Waals surface area contributed by atoms with E-state index in [4.69, 9.17) is 4.74 Å². The van der Waals surface area contributed by atoms with E-state index in [1.165, 1.54) is 18.2 Å². The van der Waals surface area contributed by atoms with Gasteiger partial charge in [0.25, 0.3) is 0 Å². The molecule has 2 aromatic rings. The molecule has 26 heavy (non-hydrogen) atoms. The number of amides is 2. The molecule has 2 unspecified atom stereocenters. The molecule has 0 heterocycles. The fraction of sp³-hybridized carbons (Fsp3) is 0.300. The van der Waals surface area contributed by atoms with Crippen molar-refractivity contribution in [3.05, 3.63) is 54.3 Å². The Balaban J connectivity index is 1.58. The third kappa shape index (κ3) is 4.39. The summed E-state index contributed by atoms with van der Waals surface area (Å²) in [5.74, 6) is -1.12. The van der Waals surface area contributed by atoms with Gasteiger partial charge < -0.3 is 15.4 Å². The second kappa shape index (κ2) is 7.56. The van der Waals surface area contributed by atoms with Gasteiger partial charge in [0.15, 0.2) is 0 Å². The minimum absolute atomic E-state index is 0.0150. The van der Waals surface area contributed by atoms with E-state index in [0.29, 0.717) is 23.5 Å². The molecular weight excluding hydrogens is 335 g/mol. The summed E-state index contributed by atoms with van der Waals surface area (Å²) in [6.45, 7) is 3.82. The Morgan fingerprint density at radius 2 is 1.73 bits per heavy atom. The van der Waals surface area contributed by atoms with Crippen molar-refractivity contribution >= 4 is 23.2 Å². The van der Waals surface area contributed by atoms with Crippen LogP contribution in [0.1, 0.15) is 20.3 Å². The normalized spacial score (nSPS) is 18.3. The standard InChI is InChI=1S/C20H21FN2O3/c1-12(2)26-18-9-4-3-8-17(18)23-20(25)16-11-15(16)19(24)22-14-7-5-6-13(21)10-14/h3-10,12,15-16H,11H2,1-2H3,(H,22,24)(H,23,25). The molecule has 0 saturated heterocycles. The number of nitrogens with one attached hydrogen (secondary N) is 2. The van der Waals surface area contributed by atoms with Crippen LogP contribution >= 0.6 is 0 Å². The highest BCUT2D eigenvalue weighted by molar-refractivity contribution is 6.03. The van der Waals surface area contributed by atoms with E-state index >= 15 is 0 Å². The van der Waals surface area contributed by atoms with E-state index in [1.54, 1.807) is 18.2 Å². The summed E-state index contributed by atoms with van der Waals surface area (Å²) in [7, 11) is 0. The van der Waals surface area contributed by atoms with Crippen molar-refractivity contribution in [1.82, 2.24) is 0 Å². The SMILES string of the molecule is CC(C)Oc1ccccc1NC(=O)C1CC1C(=O)Nc1cccc(F)c1. The molecule has 1 aliphatic rings. The van der Waals surface area contributed by atoms with Crippen molar-refractivity contribution < 1.29 is 18.7 Å². The third-order valence-corrected chi connectivity index (χ3v) is 4.06. The quantitative estimate of drug-likeness (QED) is 0.827. The molecule has 0 radical (unpaired) electrons. The summed E-state index contributed by atoms with van der Waals surface area (Å²) in [4.78, 5) is 24.7. The van der Waals surface area contributed by atoms with Crippen LogP contribution in [0.15, 0.2) is 48.5 Å². The molecule has 1 fully saturated rings. The van der Waals surface area contributed by atoms with Gasteiger partial charge in [-0.25, -0.2) is 4.39 Å². The zero-order valence-electron chi connectivity index (χ0n) is 14.7. The predicted octanol–water partition coefficient (Wildman–Crippen LogP) is 3.83. The van der Waals surface area contributed by atoms with Crippen molar-refractivity contribution in [2.24, 2.45) is 11.8 Å². The molecular formula is C20H21FN2O3. The van der Waals surface area contributed by atoms with E-state index < -0.39 is 17.7 Å². The van der Waals surface area contributed by atoms with Gasteiger partial charge in [0.2, 0.25) is 11.8 Å². The van der Waals surface area contributed by atoms with E-state index in [0.717, 1.165) is 0 Å². The maximum absolute atomic E-state index is 13.2. The zero-order chi connectivity index (χ0) is 18.7. The fourth-order valence-electron chi connectivity index (χ4n) is 2.73. The van der Waals surface area contributed by atoms with Gasteiger partial charge in [-0.3, -0.25) is 9.59 Å². The van der Waals surface area contributed by atoms with Gasteiger partial charge in [0.05, 0.1) is 23.6 Å². The maximum Gasteiger partial charge on any atom is 0.228 e. The second-order valence-corrected chi connectivity index (χ2v) is 6.60. The summed E-state index contributed by atoms with van der Waals surface area (Å²) in [5.41, 5.74) is 0.971. The fourth-order valence-corrected chi connectivity index (χ4v) is 2.73. The highest BCUT2D eigenvalue weighted by atomic mass is 19.1. The molecule has 2 amide bonds. The topological polar surface area (TPSA) is 67.4 Å². The number of anilines is 2. The van der Waals surface area contributed by atoms with Crippen LogP contribution in [0.25, 0.3) is 0 Å². The first kappa shape index (κ1) is 17.9. The molecule has 1 aliphatic carbocycles. The van der Waals surface area contributed by atoms with Gasteiger partial charge >= 0.3 is 0 Å². The van der Waals surface area contributed by atoms with Crippen molar-refractivity contribution in [2.75, 3.05) is 10.6 Å². The Bertz CT molecular complexity index is 822. The van der Waals surface area contributed by atoms with Gasteiger partial charge in [-0.2, -0.15) is 0 Å². The first-order valence-corrected chi connectivity index (χ1v) is 8.57. The molecule has 5 nitrogen and oxygen atoms in total. The molecule has 0 aromatic heterocycles. The van der Waals surface area contributed by atoms with Crippen LogP contribution in [0.2, 0.25) is 0 Å². The van der Waals surface area contributed by atoms with Gasteiger partial charge in [0.1, 0.15) is 11.6 Å². The van der Waals surface area contributed by atoms with Crippen LogP contribution < -0.4 is 15.4 Å². The van der Waals surface area contributed by atoms with Crippen molar-refractivity contribution in [2.45, 2.75) is 26.4 Å². The molecule has 3 rings (SSSR count). The zero-order valence-corrected chi connectivity index (χ0v) is 14.7. The van der Waals surface area contributed by atoms with Crippen molar-refractivity contribution in [3.8, 4) is 5.75 Å². The Hall–Kier alpha value is -2.89. The molecule has 0 bridgehead atoms. The molecule has 1 saturated carbocycles. The Morgan fingerprint density at radius 1 is 1.04 bits per heavy atom. The Labute approximate surface area is 151 Å². The largest absolute Gasteiger partial charge is 0.489 e. The van der Waals surface area contributed by atoms with Crippen LogP contribution in [-0.4, -0.2) is 17.9 Å². The lowest BCUT2D eigenvalue weighted by atomic mass is 10.2. The molecule has 2 N–H and O–H groups in total. The number of hydrogen-bond donors (Lipinski definition) is 2. The van der Waals surface area contributed by atoms with Crippen molar-refractivity contribution in [1.29, 1.82) is 0 Å². The molecule has 0 spiro atoms. The second-order valence-electron chi connectivity index (χ2n) is 6.60. The lowest BCUT2D eigenvalue weighted by Crippen LogP contribution is -2.21. The third-order valence-electron chi connectivity index (χ3n) is 4.06. The smallest absolute Gasteiger partial charge is 0.228 e. The van der Waals surface area contributed by atoms with Crippen LogP contribution in [0.5, 0.6) is 5.75 Å². The number of benzene rings is 2. The number of hydrogen-bond acceptors (Lipinski definition) is 3. The Morgan fingerprint density at radius 3 is 2.42 bits per heavy atom. The molecule has 2 aromatic carbocycles. The average molecular weight is 356 g/mol. The molecule has 0 aliphatic heterocycles. The number of rotatable bonds is 6. The number of halogens is 1. The van der Waals surface area contributed by atoms with E-state index in [2.05, 4.69) is 10.6 Å². The van der Waals surface area contributed by atoms with E-state index in [-0.39, 0.29) is 17.9 Å². The summed E-state index contributed by atoms with van der Waals surface area (Å²) >= 11 is 0. The summed E-state index contributed by atoms with van der Waals surface area (Å²) in [6.07, 6.45) is 0.457. The number of carbonyl (C=O) groups is 2. The summed E-state index contributed by atoms with van der Waals surface area (Å²) < 4.78 is 18.9. The number of para-hydroxylation sites is 2. The van der Waals surface area contributed by atoms with Crippen LogP contribution in [0, 0.1) is 17.7 Å². The predicted molar refractivity (Wildman–Crippen MR) is 97.5 cm³/mol. The van der Waals surface area contributed by atoms with Gasteiger partial charge in [-0.1, -0.05) is 18.2 Å². The number of ether oxygens (including phenoxy) is 1. The molecule has 2 atom stereocenters. The van der Waals surface area contributed by atoms with Gasteiger partial charge in [-0.05, 0) is 50.6 Å². The maximum atomic E-state index is 13.2. The first-order valence-electron chi connectivity index (χ1n) is 8.57. The van der Waals surface area contributed by atoms with Crippen LogP contribution in [0.3, 0.4) is 0 Å². The first-order chi connectivity index (χ1) is 12.4. The number of carbonyl (C=O) groups excluding carboxylic acids is 2. The monoisotopic (exact) mass is 356 g/mol. The van der Waals surface area contributed by atoms with Crippen LogP contribution in [-0.2, 0) is 9.59 Å². The highest BCUT2D eigenvalue weighted by Crippen LogP contribution is 2.41. The Kier molecular flexibility index (Phi) is 5.21. The van der Waals surface area contributed by atoms with Gasteiger partial charge in [0, 0.05) is 5.69 Å².